The van der Waals surface area contributed by atoms with E-state index in [0.29, 0.717) is 27.9 Å². The number of hydrogen-bond donors (Lipinski definition) is 2. The number of nitrogens with zero attached hydrogens (tertiary/aromatic N) is 5. The molecule has 33 heavy (non-hydrogen) atoms. The Labute approximate surface area is 189 Å². The molecular weight excluding hydrogens is 414 g/mol. The Bertz CT molecular complexity index is 1550. The van der Waals surface area contributed by atoms with Crippen LogP contribution in [0.15, 0.2) is 67.1 Å². The monoisotopic (exact) mass is 433 g/mol. The molecule has 1 atom stereocenters. The summed E-state index contributed by atoms with van der Waals surface area (Å²) in [7, 11) is 0. The van der Waals surface area contributed by atoms with Gasteiger partial charge < -0.3 is 11.1 Å². The minimum atomic E-state index is -0.418. The van der Waals surface area contributed by atoms with Crippen LogP contribution in [0.3, 0.4) is 0 Å². The summed E-state index contributed by atoms with van der Waals surface area (Å²) in [5.41, 5.74) is 11.0. The van der Waals surface area contributed by atoms with Crippen LogP contribution in [0, 0.1) is 12.3 Å². The summed E-state index contributed by atoms with van der Waals surface area (Å²) >= 11 is 0. The van der Waals surface area contributed by atoms with E-state index in [-0.39, 0.29) is 17.3 Å². The van der Waals surface area contributed by atoms with Crippen molar-refractivity contribution in [2.75, 3.05) is 5.73 Å². The third kappa shape index (κ3) is 3.51. The van der Waals surface area contributed by atoms with E-state index in [0.717, 1.165) is 11.1 Å². The van der Waals surface area contributed by atoms with E-state index in [4.69, 9.17) is 17.1 Å². The van der Waals surface area contributed by atoms with Crippen LogP contribution in [0.25, 0.3) is 27.9 Å². The maximum atomic E-state index is 13.2. The van der Waals surface area contributed by atoms with Crippen molar-refractivity contribution < 1.29 is 4.79 Å². The average molecular weight is 433 g/mol. The third-order valence-corrected chi connectivity index (χ3v) is 5.41. The smallest absolute Gasteiger partial charge is 0.259 e. The van der Waals surface area contributed by atoms with Crippen molar-refractivity contribution in [3.05, 3.63) is 83.8 Å². The van der Waals surface area contributed by atoms with Gasteiger partial charge in [-0.05, 0) is 25.1 Å². The van der Waals surface area contributed by atoms with Crippen LogP contribution in [0.4, 0.5) is 5.82 Å². The molecule has 4 heterocycles. The van der Waals surface area contributed by atoms with Crippen molar-refractivity contribution in [1.29, 1.82) is 0 Å². The highest BCUT2D eigenvalue weighted by Gasteiger charge is 2.23. The van der Waals surface area contributed by atoms with Crippen molar-refractivity contribution >= 4 is 28.4 Å². The topological polar surface area (TPSA) is 111 Å². The summed E-state index contributed by atoms with van der Waals surface area (Å²) < 4.78 is 1.48. The molecule has 0 radical (unpaired) electrons. The van der Waals surface area contributed by atoms with Gasteiger partial charge in [-0.3, -0.25) is 9.78 Å². The standard InChI is InChI=1S/C25H19N7O/c1-3-16-10-12-27-19-14-18(21(30-22(16)19)17-8-5-4-6-9-17)15(2)29-25(33)20-23(26)31-32-13-7-11-28-24(20)32/h1,4-15H,2H3,(H2,26,31)(H,29,33)/t15-/m1/s1. The van der Waals surface area contributed by atoms with E-state index in [9.17, 15) is 4.79 Å². The summed E-state index contributed by atoms with van der Waals surface area (Å²) in [6, 6.07) is 14.7. The number of carbonyl (C=O) groups is 1. The second-order valence-electron chi connectivity index (χ2n) is 7.51. The number of terminal acetylenes is 1. The van der Waals surface area contributed by atoms with Crippen LogP contribution < -0.4 is 11.1 Å². The highest BCUT2D eigenvalue weighted by molar-refractivity contribution is 6.04. The number of amides is 1. The van der Waals surface area contributed by atoms with E-state index in [1.54, 1.807) is 30.7 Å². The Morgan fingerprint density at radius 2 is 1.97 bits per heavy atom. The molecule has 0 saturated carbocycles. The number of hydrogen-bond acceptors (Lipinski definition) is 6. The second-order valence-corrected chi connectivity index (χ2v) is 7.51. The van der Waals surface area contributed by atoms with Crippen LogP contribution in [0.1, 0.15) is 34.5 Å². The predicted molar refractivity (Wildman–Crippen MR) is 126 cm³/mol. The first kappa shape index (κ1) is 20.2. The fraction of sp³-hybridized carbons (Fsp3) is 0.0800. The largest absolute Gasteiger partial charge is 0.381 e. The lowest BCUT2D eigenvalue weighted by Crippen LogP contribution is -2.28. The van der Waals surface area contributed by atoms with Crippen LogP contribution in [-0.2, 0) is 0 Å². The number of anilines is 1. The molecule has 8 heteroatoms. The maximum absolute atomic E-state index is 13.2. The Hall–Kier alpha value is -4.77. The van der Waals surface area contributed by atoms with Crippen molar-refractivity contribution in [3.63, 3.8) is 0 Å². The van der Waals surface area contributed by atoms with Crippen LogP contribution in [-0.4, -0.2) is 30.5 Å². The molecule has 0 spiro atoms. The molecule has 0 aliphatic rings. The first-order valence-electron chi connectivity index (χ1n) is 10.3. The second kappa shape index (κ2) is 8.05. The van der Waals surface area contributed by atoms with E-state index in [1.165, 1.54) is 4.52 Å². The molecule has 0 aliphatic carbocycles. The zero-order valence-electron chi connectivity index (χ0n) is 17.7. The van der Waals surface area contributed by atoms with Gasteiger partial charge in [0.25, 0.3) is 5.91 Å². The van der Waals surface area contributed by atoms with Crippen LogP contribution in [0.2, 0.25) is 0 Å². The van der Waals surface area contributed by atoms with Gasteiger partial charge in [-0.15, -0.1) is 11.5 Å². The molecule has 1 aromatic carbocycles. The highest BCUT2D eigenvalue weighted by Crippen LogP contribution is 2.30. The van der Waals surface area contributed by atoms with Crippen LogP contribution in [0.5, 0.6) is 0 Å². The molecule has 5 rings (SSSR count). The van der Waals surface area contributed by atoms with Gasteiger partial charge in [0.2, 0.25) is 0 Å². The predicted octanol–water partition coefficient (Wildman–Crippen LogP) is 3.39. The van der Waals surface area contributed by atoms with Gasteiger partial charge in [-0.2, -0.15) is 0 Å². The Balaban J connectivity index is 1.60. The SMILES string of the molecule is C#Cc1ccnc2cc([C@@H](C)NC(=O)c3c(N)nn4cccnc34)c(-c3ccccc3)nc12. The number of fused-ring (bicyclic) bond motifs is 2. The van der Waals surface area contributed by atoms with Gasteiger partial charge in [0.05, 0.1) is 22.8 Å². The van der Waals surface area contributed by atoms with E-state index in [2.05, 4.69) is 26.3 Å². The van der Waals surface area contributed by atoms with Crippen molar-refractivity contribution in [2.24, 2.45) is 0 Å². The Morgan fingerprint density at radius 3 is 2.76 bits per heavy atom. The molecule has 0 unspecified atom stereocenters. The number of rotatable bonds is 4. The molecule has 0 aliphatic heterocycles. The molecule has 8 nitrogen and oxygen atoms in total. The zero-order chi connectivity index (χ0) is 22.9. The summed E-state index contributed by atoms with van der Waals surface area (Å²) in [6.07, 6.45) is 10.6. The van der Waals surface area contributed by atoms with Crippen molar-refractivity contribution in [2.45, 2.75) is 13.0 Å². The lowest BCUT2D eigenvalue weighted by Gasteiger charge is -2.19. The van der Waals surface area contributed by atoms with E-state index < -0.39 is 6.04 Å². The Kier molecular flexibility index (Phi) is 4.92. The first-order valence-corrected chi connectivity index (χ1v) is 10.3. The fourth-order valence-corrected chi connectivity index (χ4v) is 3.83. The molecule has 3 N–H and O–H groups in total. The normalized spacial score (nSPS) is 11.9. The van der Waals surface area contributed by atoms with Gasteiger partial charge in [0.15, 0.2) is 11.5 Å². The van der Waals surface area contributed by atoms with Gasteiger partial charge in [0.1, 0.15) is 11.1 Å². The van der Waals surface area contributed by atoms with Gasteiger partial charge in [0, 0.05) is 29.7 Å². The summed E-state index contributed by atoms with van der Waals surface area (Å²) in [5, 5.41) is 7.18. The number of carbonyl (C=O) groups excluding carboxylic acids is 1. The van der Waals surface area contributed by atoms with Crippen molar-refractivity contribution in [1.82, 2.24) is 29.9 Å². The zero-order valence-corrected chi connectivity index (χ0v) is 17.7. The van der Waals surface area contributed by atoms with Crippen LogP contribution >= 0.6 is 0 Å². The number of aromatic nitrogens is 5. The minimum absolute atomic E-state index is 0.110. The molecule has 5 aromatic rings. The third-order valence-electron chi connectivity index (χ3n) is 5.41. The molecule has 4 aromatic heterocycles. The molecule has 0 bridgehead atoms. The first-order chi connectivity index (χ1) is 16.1. The fourth-order valence-electron chi connectivity index (χ4n) is 3.83. The van der Waals surface area contributed by atoms with Gasteiger partial charge in [-0.25, -0.2) is 14.5 Å². The number of pyridine rings is 2. The molecule has 0 saturated heterocycles. The molecule has 0 fully saturated rings. The molecule has 160 valence electrons. The summed E-state index contributed by atoms with van der Waals surface area (Å²) in [5.74, 6) is 2.40. The number of nitrogens with one attached hydrogen (secondary N) is 1. The lowest BCUT2D eigenvalue weighted by molar-refractivity contribution is 0.0942. The summed E-state index contributed by atoms with van der Waals surface area (Å²) in [6.45, 7) is 1.88. The maximum Gasteiger partial charge on any atom is 0.259 e. The van der Waals surface area contributed by atoms with Gasteiger partial charge in [-0.1, -0.05) is 36.3 Å². The minimum Gasteiger partial charge on any atom is -0.381 e. The number of benzene rings is 1. The average Bonchev–Trinajstić information content (AvgIpc) is 3.19. The molecule has 1 amide bonds. The highest BCUT2D eigenvalue weighted by atomic mass is 16.1. The molecular formula is C25H19N7O. The quantitative estimate of drug-likeness (QED) is 0.420. The van der Waals surface area contributed by atoms with Gasteiger partial charge >= 0.3 is 0 Å². The van der Waals surface area contributed by atoms with Crippen molar-refractivity contribution in [3.8, 4) is 23.6 Å². The summed E-state index contributed by atoms with van der Waals surface area (Å²) in [4.78, 5) is 26.7. The lowest BCUT2D eigenvalue weighted by atomic mass is 9.99. The number of nitrogen functional groups attached to an aromatic ring is 1. The van der Waals surface area contributed by atoms with E-state index in [1.807, 2.05) is 43.3 Å². The van der Waals surface area contributed by atoms with E-state index >= 15 is 0 Å². The Morgan fingerprint density at radius 1 is 1.15 bits per heavy atom. The number of nitrogens with two attached hydrogens (primary N) is 1.